The number of unbranched alkanes of at least 4 members (excludes halogenated alkanes) is 2. The van der Waals surface area contributed by atoms with Crippen LogP contribution in [0.3, 0.4) is 0 Å². The molecule has 6 heteroatoms. The van der Waals surface area contributed by atoms with Crippen LogP contribution in [-0.4, -0.2) is 42.6 Å². The molecule has 0 aliphatic carbocycles. The Morgan fingerprint density at radius 1 is 1.33 bits per heavy atom. The number of hydrogen-bond donors (Lipinski definition) is 1. The Kier molecular flexibility index (Phi) is 6.03. The van der Waals surface area contributed by atoms with E-state index in [1.54, 1.807) is 0 Å². The first-order valence-electron chi connectivity index (χ1n) is 7.67. The number of aryl methyl sites for hydroxylation is 2. The maximum atomic E-state index is 8.52. The first-order valence-corrected chi connectivity index (χ1v) is 7.67. The fraction of sp³-hybridized carbons (Fsp3) is 0.733. The van der Waals surface area contributed by atoms with Crippen molar-refractivity contribution in [2.24, 2.45) is 7.05 Å². The molecule has 1 aliphatic rings. The highest BCUT2D eigenvalue weighted by atomic mass is 16.5. The maximum absolute atomic E-state index is 8.52. The highest BCUT2D eigenvalue weighted by Crippen LogP contribution is 2.23. The molecule has 0 unspecified atom stereocenters. The number of nitriles is 1. The van der Waals surface area contributed by atoms with Gasteiger partial charge in [0.1, 0.15) is 5.82 Å². The fourth-order valence-electron chi connectivity index (χ4n) is 2.73. The lowest BCUT2D eigenvalue weighted by molar-refractivity contribution is 0.122. The van der Waals surface area contributed by atoms with Gasteiger partial charge in [0.05, 0.1) is 25.0 Å². The number of nitrogens with one attached hydrogen (secondary N) is 1. The molecule has 0 spiro atoms. The van der Waals surface area contributed by atoms with Crippen molar-refractivity contribution in [3.05, 3.63) is 11.3 Å². The molecule has 2 rings (SSSR count). The number of morpholine rings is 1. The minimum atomic E-state index is 0.645. The summed E-state index contributed by atoms with van der Waals surface area (Å²) >= 11 is 0. The van der Waals surface area contributed by atoms with E-state index in [0.29, 0.717) is 6.42 Å². The summed E-state index contributed by atoms with van der Waals surface area (Å²) in [5.74, 6) is 1.21. The molecule has 1 saturated heterocycles. The molecule has 2 heterocycles. The maximum Gasteiger partial charge on any atom is 0.131 e. The van der Waals surface area contributed by atoms with Gasteiger partial charge < -0.3 is 15.0 Å². The second-order valence-corrected chi connectivity index (χ2v) is 5.40. The Hall–Kier alpha value is -1.58. The fourth-order valence-corrected chi connectivity index (χ4v) is 2.73. The Bertz CT molecular complexity index is 485. The molecular formula is C15H25N5O. The highest BCUT2D eigenvalue weighted by molar-refractivity contribution is 5.50. The van der Waals surface area contributed by atoms with Gasteiger partial charge in [0, 0.05) is 38.7 Å². The first-order chi connectivity index (χ1) is 10.2. The molecule has 21 heavy (non-hydrogen) atoms. The zero-order valence-corrected chi connectivity index (χ0v) is 13.1. The average Bonchev–Trinajstić information content (AvgIpc) is 2.78. The van der Waals surface area contributed by atoms with E-state index in [9.17, 15) is 0 Å². The summed E-state index contributed by atoms with van der Waals surface area (Å²) < 4.78 is 7.41. The van der Waals surface area contributed by atoms with Crippen molar-refractivity contribution < 1.29 is 4.74 Å². The van der Waals surface area contributed by atoms with Crippen molar-refractivity contribution in [1.82, 2.24) is 15.1 Å². The molecule has 0 amide bonds. The van der Waals surface area contributed by atoms with E-state index >= 15 is 0 Å². The van der Waals surface area contributed by atoms with Gasteiger partial charge in [-0.3, -0.25) is 4.68 Å². The summed E-state index contributed by atoms with van der Waals surface area (Å²) in [5, 5.41) is 16.6. The topological polar surface area (TPSA) is 66.1 Å². The summed E-state index contributed by atoms with van der Waals surface area (Å²) in [6, 6.07) is 2.18. The summed E-state index contributed by atoms with van der Waals surface area (Å²) in [6.45, 7) is 7.26. The van der Waals surface area contributed by atoms with Crippen LogP contribution >= 0.6 is 0 Å². The van der Waals surface area contributed by atoms with Crippen LogP contribution in [0.25, 0.3) is 0 Å². The van der Waals surface area contributed by atoms with Crippen molar-refractivity contribution >= 4 is 5.82 Å². The zero-order chi connectivity index (χ0) is 15.1. The molecular weight excluding hydrogens is 266 g/mol. The molecule has 0 bridgehead atoms. The van der Waals surface area contributed by atoms with E-state index in [1.165, 1.54) is 11.4 Å². The standard InChI is InChI=1S/C15H25N5O/c1-13-14(12-17-7-5-3-4-6-16)15(19(2)18-13)20-8-10-21-11-9-20/h17H,3-5,7-12H2,1-2H3. The number of rotatable bonds is 7. The van der Waals surface area contributed by atoms with Crippen LogP contribution in [-0.2, 0) is 18.3 Å². The molecule has 0 atom stereocenters. The minimum Gasteiger partial charge on any atom is -0.378 e. The third kappa shape index (κ3) is 4.19. The molecule has 6 nitrogen and oxygen atoms in total. The Morgan fingerprint density at radius 2 is 2.10 bits per heavy atom. The van der Waals surface area contributed by atoms with Gasteiger partial charge >= 0.3 is 0 Å². The summed E-state index contributed by atoms with van der Waals surface area (Å²) in [5.41, 5.74) is 2.36. The van der Waals surface area contributed by atoms with E-state index in [0.717, 1.165) is 57.9 Å². The highest BCUT2D eigenvalue weighted by Gasteiger charge is 2.20. The van der Waals surface area contributed by atoms with Crippen LogP contribution in [0, 0.1) is 18.3 Å². The number of ether oxygens (including phenoxy) is 1. The SMILES string of the molecule is Cc1nn(C)c(N2CCOCC2)c1CNCCCCC#N. The van der Waals surface area contributed by atoms with Crippen LogP contribution in [0.1, 0.15) is 30.5 Å². The van der Waals surface area contributed by atoms with Crippen molar-refractivity contribution in [3.63, 3.8) is 0 Å². The van der Waals surface area contributed by atoms with Gasteiger partial charge in [-0.2, -0.15) is 10.4 Å². The van der Waals surface area contributed by atoms with Gasteiger partial charge in [-0.15, -0.1) is 0 Å². The minimum absolute atomic E-state index is 0.645. The second kappa shape index (κ2) is 8.01. The molecule has 0 saturated carbocycles. The van der Waals surface area contributed by atoms with E-state index < -0.39 is 0 Å². The summed E-state index contributed by atoms with van der Waals surface area (Å²) in [6.07, 6.45) is 2.65. The smallest absolute Gasteiger partial charge is 0.131 e. The van der Waals surface area contributed by atoms with Gasteiger partial charge in [-0.05, 0) is 26.3 Å². The first kappa shape index (κ1) is 15.8. The lowest BCUT2D eigenvalue weighted by atomic mass is 10.2. The monoisotopic (exact) mass is 291 g/mol. The molecule has 0 radical (unpaired) electrons. The Labute approximate surface area is 126 Å². The predicted molar refractivity (Wildman–Crippen MR) is 82.1 cm³/mol. The van der Waals surface area contributed by atoms with Gasteiger partial charge in [-0.25, -0.2) is 0 Å². The zero-order valence-electron chi connectivity index (χ0n) is 13.1. The van der Waals surface area contributed by atoms with Crippen LogP contribution in [0.4, 0.5) is 5.82 Å². The number of nitrogens with zero attached hydrogens (tertiary/aromatic N) is 4. The predicted octanol–water partition coefficient (Wildman–Crippen LogP) is 1.35. The van der Waals surface area contributed by atoms with E-state index in [4.69, 9.17) is 10.00 Å². The van der Waals surface area contributed by atoms with Crippen molar-refractivity contribution in [2.75, 3.05) is 37.7 Å². The lowest BCUT2D eigenvalue weighted by Gasteiger charge is -2.29. The second-order valence-electron chi connectivity index (χ2n) is 5.40. The molecule has 116 valence electrons. The lowest BCUT2D eigenvalue weighted by Crippen LogP contribution is -2.38. The largest absolute Gasteiger partial charge is 0.378 e. The molecule has 1 N–H and O–H groups in total. The number of anilines is 1. The summed E-state index contributed by atoms with van der Waals surface area (Å²) in [4.78, 5) is 2.36. The van der Waals surface area contributed by atoms with Gasteiger partial charge in [0.25, 0.3) is 0 Å². The Morgan fingerprint density at radius 3 is 2.81 bits per heavy atom. The molecule has 1 fully saturated rings. The van der Waals surface area contributed by atoms with Crippen molar-refractivity contribution in [3.8, 4) is 6.07 Å². The number of aromatic nitrogens is 2. The van der Waals surface area contributed by atoms with Gasteiger partial charge in [0.15, 0.2) is 0 Å². The van der Waals surface area contributed by atoms with Crippen molar-refractivity contribution in [2.45, 2.75) is 32.7 Å². The average molecular weight is 291 g/mol. The third-order valence-electron chi connectivity index (χ3n) is 3.82. The molecule has 0 aromatic carbocycles. The van der Waals surface area contributed by atoms with Crippen LogP contribution in [0.5, 0.6) is 0 Å². The van der Waals surface area contributed by atoms with Crippen LogP contribution in [0.15, 0.2) is 0 Å². The quantitative estimate of drug-likeness (QED) is 0.768. The molecule has 1 aliphatic heterocycles. The molecule has 1 aromatic heterocycles. The van der Waals surface area contributed by atoms with Gasteiger partial charge in [0.2, 0.25) is 0 Å². The van der Waals surface area contributed by atoms with Crippen LogP contribution in [0.2, 0.25) is 0 Å². The Balaban J connectivity index is 1.93. The van der Waals surface area contributed by atoms with Gasteiger partial charge in [-0.1, -0.05) is 0 Å². The summed E-state index contributed by atoms with van der Waals surface area (Å²) in [7, 11) is 2.01. The van der Waals surface area contributed by atoms with Crippen molar-refractivity contribution in [1.29, 1.82) is 5.26 Å². The number of hydrogen-bond acceptors (Lipinski definition) is 5. The third-order valence-corrected chi connectivity index (χ3v) is 3.82. The van der Waals surface area contributed by atoms with Crippen LogP contribution < -0.4 is 10.2 Å². The van der Waals surface area contributed by atoms with E-state index in [1.807, 2.05) is 11.7 Å². The molecule has 1 aromatic rings. The normalized spacial score (nSPS) is 15.2. The van der Waals surface area contributed by atoms with E-state index in [2.05, 4.69) is 28.3 Å². The van der Waals surface area contributed by atoms with E-state index in [-0.39, 0.29) is 0 Å².